The summed E-state index contributed by atoms with van der Waals surface area (Å²) in [6.45, 7) is 2.02. The van der Waals surface area contributed by atoms with Crippen LogP contribution < -0.4 is 0 Å². The molecule has 0 saturated heterocycles. The minimum atomic E-state index is 0.780. The molecule has 0 atom stereocenters. The van der Waals surface area contributed by atoms with Crippen molar-refractivity contribution in [2.45, 2.75) is 13.3 Å². The van der Waals surface area contributed by atoms with E-state index in [0.717, 1.165) is 28.0 Å². The van der Waals surface area contributed by atoms with Gasteiger partial charge in [-0.2, -0.15) is 0 Å². The molecular formula is C11H10BrNO. The van der Waals surface area contributed by atoms with Gasteiger partial charge in [0, 0.05) is 16.5 Å². The summed E-state index contributed by atoms with van der Waals surface area (Å²) < 4.78 is 6.35. The summed E-state index contributed by atoms with van der Waals surface area (Å²) in [7, 11) is 0. The van der Waals surface area contributed by atoms with Crippen LogP contribution in [0, 0.1) is 0 Å². The number of aryl methyl sites for hydroxylation is 1. The summed E-state index contributed by atoms with van der Waals surface area (Å²) in [4.78, 5) is 4.35. The van der Waals surface area contributed by atoms with Crippen molar-refractivity contribution in [3.8, 4) is 11.3 Å². The lowest BCUT2D eigenvalue weighted by atomic mass is 10.2. The van der Waals surface area contributed by atoms with Crippen molar-refractivity contribution in [1.29, 1.82) is 0 Å². The minimum absolute atomic E-state index is 0.780. The zero-order chi connectivity index (χ0) is 9.97. The molecule has 0 fully saturated rings. The maximum absolute atomic E-state index is 5.28. The molecule has 0 aliphatic rings. The van der Waals surface area contributed by atoms with Gasteiger partial charge in [-0.1, -0.05) is 35.0 Å². The Balaban J connectivity index is 2.34. The van der Waals surface area contributed by atoms with Gasteiger partial charge in [-0.15, -0.1) is 0 Å². The van der Waals surface area contributed by atoms with Gasteiger partial charge < -0.3 is 4.42 Å². The zero-order valence-corrected chi connectivity index (χ0v) is 9.41. The third-order valence-electron chi connectivity index (χ3n) is 1.99. The Morgan fingerprint density at radius 2 is 2.00 bits per heavy atom. The van der Waals surface area contributed by atoms with E-state index in [1.54, 1.807) is 6.26 Å². The Labute approximate surface area is 91.1 Å². The molecule has 1 heterocycles. The molecule has 2 aromatic rings. The maximum atomic E-state index is 5.28. The standard InChI is InChI=1S/C11H10BrNO/c1-2-11-13-10(7-14-11)8-3-5-9(12)6-4-8/h3-7H,2H2,1H3. The smallest absolute Gasteiger partial charge is 0.194 e. The summed E-state index contributed by atoms with van der Waals surface area (Å²) >= 11 is 3.39. The highest BCUT2D eigenvalue weighted by Crippen LogP contribution is 2.21. The van der Waals surface area contributed by atoms with Crippen LogP contribution in [0.15, 0.2) is 39.4 Å². The highest BCUT2D eigenvalue weighted by atomic mass is 79.9. The number of hydrogen-bond donors (Lipinski definition) is 0. The third-order valence-corrected chi connectivity index (χ3v) is 2.52. The van der Waals surface area contributed by atoms with Crippen LogP contribution in [0.2, 0.25) is 0 Å². The molecule has 0 bridgehead atoms. The lowest BCUT2D eigenvalue weighted by Gasteiger charge is -1.94. The number of benzene rings is 1. The molecular weight excluding hydrogens is 242 g/mol. The van der Waals surface area contributed by atoms with Gasteiger partial charge in [0.05, 0.1) is 0 Å². The molecule has 0 aliphatic carbocycles. The fourth-order valence-electron chi connectivity index (χ4n) is 1.23. The number of halogens is 1. The second-order valence-corrected chi connectivity index (χ2v) is 3.90. The molecule has 3 heteroatoms. The molecule has 0 aliphatic heterocycles. The van der Waals surface area contributed by atoms with E-state index in [0.29, 0.717) is 0 Å². The SMILES string of the molecule is CCc1nc(-c2ccc(Br)cc2)co1. The topological polar surface area (TPSA) is 26.0 Å². The van der Waals surface area contributed by atoms with E-state index >= 15 is 0 Å². The average Bonchev–Trinajstić information content (AvgIpc) is 2.67. The molecule has 0 spiro atoms. The molecule has 14 heavy (non-hydrogen) atoms. The monoisotopic (exact) mass is 251 g/mol. The van der Waals surface area contributed by atoms with E-state index < -0.39 is 0 Å². The molecule has 1 aromatic heterocycles. The fraction of sp³-hybridized carbons (Fsp3) is 0.182. The van der Waals surface area contributed by atoms with E-state index in [1.165, 1.54) is 0 Å². The van der Waals surface area contributed by atoms with Gasteiger partial charge in [-0.3, -0.25) is 0 Å². The summed E-state index contributed by atoms with van der Waals surface area (Å²) in [6, 6.07) is 8.02. The second kappa shape index (κ2) is 3.96. The lowest BCUT2D eigenvalue weighted by Crippen LogP contribution is -1.80. The van der Waals surface area contributed by atoms with E-state index in [1.807, 2.05) is 31.2 Å². The number of hydrogen-bond acceptors (Lipinski definition) is 2. The van der Waals surface area contributed by atoms with Crippen LogP contribution >= 0.6 is 15.9 Å². The van der Waals surface area contributed by atoms with Crippen LogP contribution in [0.25, 0.3) is 11.3 Å². The zero-order valence-electron chi connectivity index (χ0n) is 7.83. The molecule has 72 valence electrons. The lowest BCUT2D eigenvalue weighted by molar-refractivity contribution is 0.502. The van der Waals surface area contributed by atoms with Crippen LogP contribution in [-0.4, -0.2) is 4.98 Å². The van der Waals surface area contributed by atoms with Crippen molar-refractivity contribution in [2.24, 2.45) is 0 Å². The highest BCUT2D eigenvalue weighted by Gasteiger charge is 2.03. The van der Waals surface area contributed by atoms with E-state index in [4.69, 9.17) is 4.42 Å². The summed E-state index contributed by atoms with van der Waals surface area (Å²) in [5.41, 5.74) is 1.98. The predicted molar refractivity (Wildman–Crippen MR) is 59.0 cm³/mol. The molecule has 0 radical (unpaired) electrons. The third kappa shape index (κ3) is 1.87. The Morgan fingerprint density at radius 3 is 2.57 bits per heavy atom. The Bertz CT molecular complexity index is 419. The number of rotatable bonds is 2. The first-order chi connectivity index (χ1) is 6.79. The molecule has 1 aromatic carbocycles. The van der Waals surface area contributed by atoms with Gasteiger partial charge >= 0.3 is 0 Å². The van der Waals surface area contributed by atoms with Crippen molar-refractivity contribution in [1.82, 2.24) is 4.98 Å². The van der Waals surface area contributed by atoms with E-state index in [2.05, 4.69) is 20.9 Å². The largest absolute Gasteiger partial charge is 0.448 e. The van der Waals surface area contributed by atoms with Crippen molar-refractivity contribution >= 4 is 15.9 Å². The Morgan fingerprint density at radius 1 is 1.29 bits per heavy atom. The predicted octanol–water partition coefficient (Wildman–Crippen LogP) is 3.67. The molecule has 2 rings (SSSR count). The van der Waals surface area contributed by atoms with Crippen LogP contribution in [0.1, 0.15) is 12.8 Å². The summed E-state index contributed by atoms with van der Waals surface area (Å²) in [6.07, 6.45) is 2.53. The van der Waals surface area contributed by atoms with Gasteiger partial charge in [0.2, 0.25) is 0 Å². The van der Waals surface area contributed by atoms with Crippen LogP contribution in [-0.2, 0) is 6.42 Å². The maximum Gasteiger partial charge on any atom is 0.194 e. The quantitative estimate of drug-likeness (QED) is 0.815. The van der Waals surface area contributed by atoms with Crippen LogP contribution in [0.4, 0.5) is 0 Å². The number of aromatic nitrogens is 1. The Hall–Kier alpha value is -1.09. The average molecular weight is 252 g/mol. The Kier molecular flexibility index (Phi) is 2.68. The van der Waals surface area contributed by atoms with Crippen molar-refractivity contribution in [3.63, 3.8) is 0 Å². The van der Waals surface area contributed by atoms with Gasteiger partial charge in [0.1, 0.15) is 12.0 Å². The van der Waals surface area contributed by atoms with Gasteiger partial charge in [-0.25, -0.2) is 4.98 Å². The molecule has 2 nitrogen and oxygen atoms in total. The molecule has 0 N–H and O–H groups in total. The first-order valence-corrected chi connectivity index (χ1v) is 5.29. The molecule has 0 unspecified atom stereocenters. The number of oxazole rings is 1. The van der Waals surface area contributed by atoms with Gasteiger partial charge in [0.15, 0.2) is 5.89 Å². The fourth-order valence-corrected chi connectivity index (χ4v) is 1.49. The van der Waals surface area contributed by atoms with Crippen molar-refractivity contribution in [3.05, 3.63) is 40.9 Å². The normalized spacial score (nSPS) is 10.4. The summed E-state index contributed by atoms with van der Waals surface area (Å²) in [5.74, 6) is 0.780. The first kappa shape index (κ1) is 9.46. The molecule has 0 amide bonds. The van der Waals surface area contributed by atoms with E-state index in [-0.39, 0.29) is 0 Å². The van der Waals surface area contributed by atoms with Gasteiger partial charge in [0.25, 0.3) is 0 Å². The number of nitrogens with zero attached hydrogens (tertiary/aromatic N) is 1. The first-order valence-electron chi connectivity index (χ1n) is 4.50. The summed E-state index contributed by atoms with van der Waals surface area (Å²) in [5, 5.41) is 0. The highest BCUT2D eigenvalue weighted by molar-refractivity contribution is 9.10. The van der Waals surface area contributed by atoms with Crippen molar-refractivity contribution in [2.75, 3.05) is 0 Å². The van der Waals surface area contributed by atoms with Crippen LogP contribution in [0.5, 0.6) is 0 Å². The van der Waals surface area contributed by atoms with Gasteiger partial charge in [-0.05, 0) is 12.1 Å². The van der Waals surface area contributed by atoms with Crippen molar-refractivity contribution < 1.29 is 4.42 Å². The second-order valence-electron chi connectivity index (χ2n) is 2.99. The van der Waals surface area contributed by atoms with E-state index in [9.17, 15) is 0 Å². The van der Waals surface area contributed by atoms with Crippen LogP contribution in [0.3, 0.4) is 0 Å². The minimum Gasteiger partial charge on any atom is -0.448 e. The molecule has 0 saturated carbocycles.